The lowest BCUT2D eigenvalue weighted by molar-refractivity contribution is 0.0930. The molecule has 114 valence electrons. The summed E-state index contributed by atoms with van der Waals surface area (Å²) in [6, 6.07) is 9.56. The van der Waals surface area contributed by atoms with E-state index in [1.54, 1.807) is 12.4 Å². The highest BCUT2D eigenvalue weighted by molar-refractivity contribution is 6.30. The van der Waals surface area contributed by atoms with Gasteiger partial charge in [0.1, 0.15) is 0 Å². The average Bonchev–Trinajstić information content (AvgIpc) is 2.56. The molecule has 0 radical (unpaired) electrons. The second-order valence-electron chi connectivity index (χ2n) is 5.49. The van der Waals surface area contributed by atoms with Gasteiger partial charge in [-0.2, -0.15) is 0 Å². The van der Waals surface area contributed by atoms with Crippen LogP contribution in [-0.2, 0) is 0 Å². The van der Waals surface area contributed by atoms with Gasteiger partial charge in [-0.25, -0.2) is 0 Å². The van der Waals surface area contributed by atoms with Gasteiger partial charge in [0.15, 0.2) is 0 Å². The normalized spacial score (nSPS) is 18.0. The lowest BCUT2D eigenvalue weighted by atomic mass is 10.0. The lowest BCUT2D eigenvalue weighted by Gasteiger charge is -2.23. The summed E-state index contributed by atoms with van der Waals surface area (Å²) in [5.74, 6) is -0.0722. The van der Waals surface area contributed by atoms with Crippen molar-refractivity contribution in [3.63, 3.8) is 0 Å². The highest BCUT2D eigenvalue weighted by atomic mass is 35.5. The Morgan fingerprint density at radius 1 is 1.23 bits per heavy atom. The molecule has 1 unspecified atom stereocenters. The molecular formula is C17H18ClN3O. The van der Waals surface area contributed by atoms with Gasteiger partial charge in [-0.05, 0) is 43.1 Å². The van der Waals surface area contributed by atoms with Crippen molar-refractivity contribution in [1.82, 2.24) is 15.6 Å². The van der Waals surface area contributed by atoms with E-state index in [0.29, 0.717) is 10.6 Å². The van der Waals surface area contributed by atoms with Crippen LogP contribution in [0.4, 0.5) is 0 Å². The van der Waals surface area contributed by atoms with Crippen LogP contribution in [0.5, 0.6) is 0 Å². The molecule has 1 aromatic carbocycles. The predicted molar refractivity (Wildman–Crippen MR) is 88.0 cm³/mol. The molecule has 0 aliphatic carbocycles. The molecular weight excluding hydrogens is 298 g/mol. The number of carbonyl (C=O) groups is 1. The Bertz CT molecular complexity index is 651. The number of piperidine rings is 1. The number of carbonyl (C=O) groups excluding carboxylic acids is 1. The molecule has 1 amide bonds. The fraction of sp³-hybridized carbons (Fsp3) is 0.294. The van der Waals surface area contributed by atoms with Gasteiger partial charge in [0.2, 0.25) is 0 Å². The fourth-order valence-corrected chi connectivity index (χ4v) is 2.73. The number of halogens is 1. The number of aromatic nitrogens is 1. The Labute approximate surface area is 134 Å². The molecule has 2 aromatic rings. The zero-order valence-corrected chi connectivity index (χ0v) is 12.9. The summed E-state index contributed by atoms with van der Waals surface area (Å²) in [5, 5.41) is 7.04. The topological polar surface area (TPSA) is 54.0 Å². The molecule has 1 saturated heterocycles. The molecule has 1 aliphatic rings. The van der Waals surface area contributed by atoms with E-state index < -0.39 is 0 Å². The van der Waals surface area contributed by atoms with Crippen molar-refractivity contribution < 1.29 is 4.79 Å². The van der Waals surface area contributed by atoms with E-state index in [1.807, 2.05) is 30.3 Å². The summed E-state index contributed by atoms with van der Waals surface area (Å²) in [4.78, 5) is 16.5. The zero-order valence-electron chi connectivity index (χ0n) is 12.2. The number of amides is 1. The van der Waals surface area contributed by atoms with Gasteiger partial charge in [-0.3, -0.25) is 9.78 Å². The second kappa shape index (κ2) is 6.90. The largest absolute Gasteiger partial charge is 0.348 e. The molecule has 3 rings (SSSR count). The Balaban J connectivity index is 1.75. The van der Waals surface area contributed by atoms with Crippen molar-refractivity contribution in [3.8, 4) is 11.1 Å². The number of rotatable bonds is 3. The van der Waals surface area contributed by atoms with Crippen LogP contribution in [-0.4, -0.2) is 30.0 Å². The van der Waals surface area contributed by atoms with Gasteiger partial charge in [-0.1, -0.05) is 23.7 Å². The molecule has 0 saturated carbocycles. The molecule has 0 bridgehead atoms. The van der Waals surface area contributed by atoms with Crippen LogP contribution >= 0.6 is 11.6 Å². The van der Waals surface area contributed by atoms with Gasteiger partial charge >= 0.3 is 0 Å². The number of nitrogens with one attached hydrogen (secondary N) is 2. The van der Waals surface area contributed by atoms with Crippen molar-refractivity contribution >= 4 is 17.5 Å². The summed E-state index contributed by atoms with van der Waals surface area (Å²) in [6.45, 7) is 1.86. The Morgan fingerprint density at radius 2 is 2.05 bits per heavy atom. The van der Waals surface area contributed by atoms with Crippen molar-refractivity contribution in [2.45, 2.75) is 18.9 Å². The van der Waals surface area contributed by atoms with E-state index in [2.05, 4.69) is 15.6 Å². The van der Waals surface area contributed by atoms with Crippen LogP contribution in [0.25, 0.3) is 11.1 Å². The fourth-order valence-electron chi connectivity index (χ4n) is 2.61. The first-order chi connectivity index (χ1) is 10.7. The average molecular weight is 316 g/mol. The van der Waals surface area contributed by atoms with Crippen molar-refractivity contribution in [2.24, 2.45) is 0 Å². The van der Waals surface area contributed by atoms with Crippen LogP contribution in [0, 0.1) is 0 Å². The summed E-state index contributed by atoms with van der Waals surface area (Å²) in [7, 11) is 0. The molecule has 1 fully saturated rings. The quantitative estimate of drug-likeness (QED) is 0.915. The summed E-state index contributed by atoms with van der Waals surface area (Å²) in [6.07, 6.45) is 5.46. The molecule has 5 heteroatoms. The van der Waals surface area contributed by atoms with Crippen LogP contribution in [0.2, 0.25) is 5.02 Å². The maximum Gasteiger partial charge on any atom is 0.253 e. The standard InChI is InChI=1S/C17H18ClN3O/c18-15-5-3-12(4-6-15)13-8-14(10-20-9-13)17(22)21-16-2-1-7-19-11-16/h3-6,8-10,16,19H,1-2,7,11H2,(H,21,22). The summed E-state index contributed by atoms with van der Waals surface area (Å²) < 4.78 is 0. The smallest absolute Gasteiger partial charge is 0.253 e. The van der Waals surface area contributed by atoms with Crippen molar-refractivity contribution in [2.75, 3.05) is 13.1 Å². The first-order valence-electron chi connectivity index (χ1n) is 7.45. The Kier molecular flexibility index (Phi) is 4.71. The third kappa shape index (κ3) is 3.64. The van der Waals surface area contributed by atoms with Gasteiger partial charge in [0, 0.05) is 35.6 Å². The first-order valence-corrected chi connectivity index (χ1v) is 7.83. The predicted octanol–water partition coefficient (Wildman–Crippen LogP) is 2.88. The molecule has 1 aromatic heterocycles. The van der Waals surface area contributed by atoms with Crippen molar-refractivity contribution in [1.29, 1.82) is 0 Å². The number of hydrogen-bond donors (Lipinski definition) is 2. The van der Waals surface area contributed by atoms with E-state index >= 15 is 0 Å². The van der Waals surface area contributed by atoms with E-state index in [-0.39, 0.29) is 11.9 Å². The molecule has 1 aliphatic heterocycles. The van der Waals surface area contributed by atoms with Gasteiger partial charge < -0.3 is 10.6 Å². The number of pyridine rings is 1. The van der Waals surface area contributed by atoms with Crippen LogP contribution < -0.4 is 10.6 Å². The SMILES string of the molecule is O=C(NC1CCCNC1)c1cncc(-c2ccc(Cl)cc2)c1. The number of nitrogens with zero attached hydrogens (tertiary/aromatic N) is 1. The van der Waals surface area contributed by atoms with Crippen LogP contribution in [0.15, 0.2) is 42.7 Å². The van der Waals surface area contributed by atoms with Gasteiger partial charge in [-0.15, -0.1) is 0 Å². The maximum absolute atomic E-state index is 12.4. The third-order valence-electron chi connectivity index (χ3n) is 3.81. The minimum absolute atomic E-state index is 0.0722. The third-order valence-corrected chi connectivity index (χ3v) is 4.06. The number of hydrogen-bond acceptors (Lipinski definition) is 3. The number of benzene rings is 1. The zero-order chi connectivity index (χ0) is 15.4. The summed E-state index contributed by atoms with van der Waals surface area (Å²) in [5.41, 5.74) is 2.48. The summed E-state index contributed by atoms with van der Waals surface area (Å²) >= 11 is 5.90. The minimum Gasteiger partial charge on any atom is -0.348 e. The van der Waals surface area contributed by atoms with E-state index in [9.17, 15) is 4.79 Å². The molecule has 1 atom stereocenters. The molecule has 4 nitrogen and oxygen atoms in total. The van der Waals surface area contributed by atoms with E-state index in [4.69, 9.17) is 11.6 Å². The minimum atomic E-state index is -0.0722. The lowest BCUT2D eigenvalue weighted by Crippen LogP contribution is -2.45. The Hall–Kier alpha value is -1.91. The van der Waals surface area contributed by atoms with E-state index in [0.717, 1.165) is 37.1 Å². The monoisotopic (exact) mass is 315 g/mol. The molecule has 2 heterocycles. The highest BCUT2D eigenvalue weighted by Gasteiger charge is 2.16. The second-order valence-corrected chi connectivity index (χ2v) is 5.92. The van der Waals surface area contributed by atoms with Gasteiger partial charge in [0.25, 0.3) is 5.91 Å². The Morgan fingerprint density at radius 3 is 2.77 bits per heavy atom. The molecule has 0 spiro atoms. The first kappa shape index (κ1) is 15.0. The highest BCUT2D eigenvalue weighted by Crippen LogP contribution is 2.21. The van der Waals surface area contributed by atoms with E-state index in [1.165, 1.54) is 0 Å². The van der Waals surface area contributed by atoms with Crippen LogP contribution in [0.1, 0.15) is 23.2 Å². The molecule has 2 N–H and O–H groups in total. The maximum atomic E-state index is 12.4. The van der Waals surface area contributed by atoms with Crippen molar-refractivity contribution in [3.05, 3.63) is 53.3 Å². The van der Waals surface area contributed by atoms with Crippen LogP contribution in [0.3, 0.4) is 0 Å². The molecule has 22 heavy (non-hydrogen) atoms. The van der Waals surface area contributed by atoms with Gasteiger partial charge in [0.05, 0.1) is 5.56 Å².